The minimum atomic E-state index is -0.0711. The van der Waals surface area contributed by atoms with Crippen LogP contribution in [0.4, 0.5) is 5.69 Å². The molecule has 4 heteroatoms. The molecular formula is C13H21N3O. The van der Waals surface area contributed by atoms with Gasteiger partial charge in [-0.1, -0.05) is 13.8 Å². The summed E-state index contributed by atoms with van der Waals surface area (Å²) in [7, 11) is 3.45. The van der Waals surface area contributed by atoms with Crippen molar-refractivity contribution in [3.63, 3.8) is 0 Å². The third-order valence-corrected chi connectivity index (χ3v) is 2.74. The lowest BCUT2D eigenvalue weighted by Crippen LogP contribution is -2.23. The van der Waals surface area contributed by atoms with E-state index >= 15 is 0 Å². The van der Waals surface area contributed by atoms with Gasteiger partial charge in [-0.25, -0.2) is 0 Å². The maximum absolute atomic E-state index is 11.8. The first kappa shape index (κ1) is 13.5. The number of pyridine rings is 1. The maximum Gasteiger partial charge on any atom is 0.272 e. The second kappa shape index (κ2) is 6.23. The van der Waals surface area contributed by atoms with Crippen molar-refractivity contribution >= 4 is 11.6 Å². The molecule has 0 bridgehead atoms. The SMILES string of the molecule is CCC(CC)Nc1ccnc(C(=O)N(C)C)c1. The molecule has 0 atom stereocenters. The molecule has 0 spiro atoms. The smallest absolute Gasteiger partial charge is 0.272 e. The van der Waals surface area contributed by atoms with E-state index in [0.29, 0.717) is 11.7 Å². The van der Waals surface area contributed by atoms with Crippen molar-refractivity contribution in [1.82, 2.24) is 9.88 Å². The Bertz CT molecular complexity index is 373. The molecule has 0 saturated carbocycles. The van der Waals surface area contributed by atoms with Crippen molar-refractivity contribution in [2.45, 2.75) is 32.7 Å². The van der Waals surface area contributed by atoms with Crippen LogP contribution in [0.3, 0.4) is 0 Å². The van der Waals surface area contributed by atoms with Crippen molar-refractivity contribution in [2.24, 2.45) is 0 Å². The fourth-order valence-electron chi connectivity index (χ4n) is 1.59. The number of rotatable bonds is 5. The summed E-state index contributed by atoms with van der Waals surface area (Å²) in [5, 5.41) is 3.40. The van der Waals surface area contributed by atoms with E-state index in [1.54, 1.807) is 26.4 Å². The van der Waals surface area contributed by atoms with Gasteiger partial charge in [-0.15, -0.1) is 0 Å². The van der Waals surface area contributed by atoms with E-state index in [4.69, 9.17) is 0 Å². The number of hydrogen-bond donors (Lipinski definition) is 1. The highest BCUT2D eigenvalue weighted by molar-refractivity contribution is 5.92. The molecule has 1 rings (SSSR count). The van der Waals surface area contributed by atoms with Gasteiger partial charge in [0.05, 0.1) is 0 Å². The second-order valence-corrected chi connectivity index (χ2v) is 4.29. The molecule has 0 aliphatic rings. The summed E-state index contributed by atoms with van der Waals surface area (Å²) in [5.41, 5.74) is 1.44. The Morgan fingerprint density at radius 3 is 2.59 bits per heavy atom. The van der Waals surface area contributed by atoms with Gasteiger partial charge in [-0.3, -0.25) is 9.78 Å². The van der Waals surface area contributed by atoms with Gasteiger partial charge in [0.25, 0.3) is 5.91 Å². The van der Waals surface area contributed by atoms with Crippen LogP contribution in [-0.2, 0) is 0 Å². The minimum Gasteiger partial charge on any atom is -0.382 e. The Labute approximate surface area is 103 Å². The second-order valence-electron chi connectivity index (χ2n) is 4.29. The van der Waals surface area contributed by atoms with E-state index in [1.165, 1.54) is 4.90 Å². The molecule has 0 aliphatic heterocycles. The number of carbonyl (C=O) groups excluding carboxylic acids is 1. The number of aromatic nitrogens is 1. The zero-order valence-corrected chi connectivity index (χ0v) is 11.0. The first-order valence-electron chi connectivity index (χ1n) is 6.02. The molecule has 17 heavy (non-hydrogen) atoms. The molecule has 1 aromatic rings. The maximum atomic E-state index is 11.8. The van der Waals surface area contributed by atoms with Crippen LogP contribution in [0, 0.1) is 0 Å². The van der Waals surface area contributed by atoms with E-state index < -0.39 is 0 Å². The van der Waals surface area contributed by atoms with Gasteiger partial charge in [0.1, 0.15) is 5.69 Å². The lowest BCUT2D eigenvalue weighted by molar-refractivity contribution is 0.0822. The summed E-state index contributed by atoms with van der Waals surface area (Å²) in [5.74, 6) is -0.0711. The average molecular weight is 235 g/mol. The molecule has 0 saturated heterocycles. The van der Waals surface area contributed by atoms with Crippen molar-refractivity contribution in [3.05, 3.63) is 24.0 Å². The van der Waals surface area contributed by atoms with Crippen molar-refractivity contribution in [3.8, 4) is 0 Å². The van der Waals surface area contributed by atoms with E-state index in [-0.39, 0.29) is 5.91 Å². The number of anilines is 1. The quantitative estimate of drug-likeness (QED) is 0.852. The Hall–Kier alpha value is -1.58. The van der Waals surface area contributed by atoms with Gasteiger partial charge >= 0.3 is 0 Å². The van der Waals surface area contributed by atoms with Gasteiger partial charge in [0, 0.05) is 32.0 Å². The van der Waals surface area contributed by atoms with Gasteiger partial charge in [-0.05, 0) is 25.0 Å². The number of nitrogens with zero attached hydrogens (tertiary/aromatic N) is 2. The lowest BCUT2D eigenvalue weighted by atomic mass is 10.1. The lowest BCUT2D eigenvalue weighted by Gasteiger charge is -2.17. The summed E-state index contributed by atoms with van der Waals surface area (Å²) in [6.07, 6.45) is 3.80. The molecule has 1 amide bonds. The number of nitrogens with one attached hydrogen (secondary N) is 1. The molecule has 1 heterocycles. The Balaban J connectivity index is 2.82. The summed E-state index contributed by atoms with van der Waals surface area (Å²) >= 11 is 0. The van der Waals surface area contributed by atoms with Crippen LogP contribution in [-0.4, -0.2) is 35.9 Å². The molecule has 1 N–H and O–H groups in total. The average Bonchev–Trinajstić information content (AvgIpc) is 2.35. The van der Waals surface area contributed by atoms with Crippen LogP contribution in [0.25, 0.3) is 0 Å². The van der Waals surface area contributed by atoms with E-state index in [9.17, 15) is 4.79 Å². The van der Waals surface area contributed by atoms with Crippen LogP contribution in [0.1, 0.15) is 37.2 Å². The molecule has 0 aliphatic carbocycles. The highest BCUT2D eigenvalue weighted by Gasteiger charge is 2.10. The van der Waals surface area contributed by atoms with E-state index in [2.05, 4.69) is 24.1 Å². The van der Waals surface area contributed by atoms with Crippen LogP contribution >= 0.6 is 0 Å². The molecular weight excluding hydrogens is 214 g/mol. The van der Waals surface area contributed by atoms with Gasteiger partial charge < -0.3 is 10.2 Å². The first-order chi connectivity index (χ1) is 8.08. The summed E-state index contributed by atoms with van der Waals surface area (Å²) < 4.78 is 0. The van der Waals surface area contributed by atoms with Crippen molar-refractivity contribution in [2.75, 3.05) is 19.4 Å². The molecule has 0 unspecified atom stereocenters. The zero-order chi connectivity index (χ0) is 12.8. The third-order valence-electron chi connectivity index (χ3n) is 2.74. The van der Waals surface area contributed by atoms with Crippen molar-refractivity contribution in [1.29, 1.82) is 0 Å². The normalized spacial score (nSPS) is 10.4. The molecule has 0 aromatic carbocycles. The molecule has 4 nitrogen and oxygen atoms in total. The zero-order valence-electron chi connectivity index (χ0n) is 11.0. The minimum absolute atomic E-state index is 0.0711. The molecule has 94 valence electrons. The van der Waals surface area contributed by atoms with Crippen LogP contribution in [0.15, 0.2) is 18.3 Å². The number of hydrogen-bond acceptors (Lipinski definition) is 3. The highest BCUT2D eigenvalue weighted by Crippen LogP contribution is 2.13. The van der Waals surface area contributed by atoms with Crippen LogP contribution < -0.4 is 5.32 Å². The predicted octanol–water partition coefficient (Wildman–Crippen LogP) is 2.38. The first-order valence-corrected chi connectivity index (χ1v) is 6.02. The third kappa shape index (κ3) is 3.73. The predicted molar refractivity (Wildman–Crippen MR) is 70.2 cm³/mol. The Morgan fingerprint density at radius 2 is 2.06 bits per heavy atom. The summed E-state index contributed by atoms with van der Waals surface area (Å²) in [6.45, 7) is 4.29. The fraction of sp³-hybridized carbons (Fsp3) is 0.538. The number of amides is 1. The van der Waals surface area contributed by atoms with Gasteiger partial charge in [-0.2, -0.15) is 0 Å². The molecule has 1 aromatic heterocycles. The monoisotopic (exact) mass is 235 g/mol. The van der Waals surface area contributed by atoms with Gasteiger partial charge in [0.2, 0.25) is 0 Å². The number of carbonyl (C=O) groups is 1. The van der Waals surface area contributed by atoms with E-state index in [0.717, 1.165) is 18.5 Å². The summed E-state index contributed by atoms with van der Waals surface area (Å²) in [4.78, 5) is 17.4. The van der Waals surface area contributed by atoms with E-state index in [1.807, 2.05) is 6.07 Å². The highest BCUT2D eigenvalue weighted by atomic mass is 16.2. The van der Waals surface area contributed by atoms with Crippen molar-refractivity contribution < 1.29 is 4.79 Å². The fourth-order valence-corrected chi connectivity index (χ4v) is 1.59. The Morgan fingerprint density at radius 1 is 1.41 bits per heavy atom. The van der Waals surface area contributed by atoms with Gasteiger partial charge in [0.15, 0.2) is 0 Å². The summed E-state index contributed by atoms with van der Waals surface area (Å²) in [6, 6.07) is 4.14. The largest absolute Gasteiger partial charge is 0.382 e. The topological polar surface area (TPSA) is 45.2 Å². The standard InChI is InChI=1S/C13H21N3O/c1-5-10(6-2)15-11-7-8-14-12(9-11)13(17)16(3)4/h7-10H,5-6H2,1-4H3,(H,14,15). The molecule has 0 radical (unpaired) electrons. The van der Waals surface area contributed by atoms with Crippen LogP contribution in [0.2, 0.25) is 0 Å². The Kier molecular flexibility index (Phi) is 4.94. The van der Waals surface area contributed by atoms with Crippen LogP contribution in [0.5, 0.6) is 0 Å². The molecule has 0 fully saturated rings.